The van der Waals surface area contributed by atoms with Crippen molar-refractivity contribution in [1.29, 1.82) is 0 Å². The molecule has 1 aromatic carbocycles. The minimum Gasteiger partial charge on any atom is -0.343 e. The summed E-state index contributed by atoms with van der Waals surface area (Å²) in [5.41, 5.74) is -0.0469. The molecule has 1 aromatic heterocycles. The molecule has 6 nitrogen and oxygen atoms in total. The Morgan fingerprint density at radius 3 is 2.58 bits per heavy atom. The fourth-order valence-corrected chi connectivity index (χ4v) is 3.25. The van der Waals surface area contributed by atoms with E-state index in [1.54, 1.807) is 24.3 Å². The van der Waals surface area contributed by atoms with Crippen LogP contribution in [0.5, 0.6) is 0 Å². The number of unbranched alkanes of at least 4 members (excludes halogenated alkanes) is 2. The second kappa shape index (κ2) is 7.47. The predicted molar refractivity (Wildman–Crippen MR) is 93.1 cm³/mol. The van der Waals surface area contributed by atoms with Crippen molar-refractivity contribution >= 4 is 16.8 Å². The zero-order valence-corrected chi connectivity index (χ0v) is 13.8. The topological polar surface area (TPSA) is 75.2 Å². The lowest BCUT2D eigenvalue weighted by molar-refractivity contribution is -0.130. The van der Waals surface area contributed by atoms with Crippen LogP contribution >= 0.6 is 0 Å². The maximum absolute atomic E-state index is 12.4. The Kier molecular flexibility index (Phi) is 5.13. The molecule has 1 amide bonds. The van der Waals surface area contributed by atoms with Crippen molar-refractivity contribution < 1.29 is 4.79 Å². The number of H-pyrrole nitrogens is 1. The van der Waals surface area contributed by atoms with Crippen molar-refractivity contribution in [3.8, 4) is 0 Å². The van der Waals surface area contributed by atoms with Crippen molar-refractivity contribution in [2.75, 3.05) is 13.1 Å². The van der Waals surface area contributed by atoms with Crippen LogP contribution in [0.25, 0.3) is 10.9 Å². The van der Waals surface area contributed by atoms with Crippen LogP contribution < -0.4 is 11.2 Å². The van der Waals surface area contributed by atoms with Gasteiger partial charge in [-0.25, -0.2) is 4.79 Å². The van der Waals surface area contributed by atoms with Gasteiger partial charge in [-0.05, 0) is 37.8 Å². The summed E-state index contributed by atoms with van der Waals surface area (Å²) in [6.07, 6.45) is 5.13. The minimum atomic E-state index is -0.369. The maximum Gasteiger partial charge on any atom is 0.328 e. The molecule has 0 bridgehead atoms. The molecule has 1 saturated heterocycles. The molecular weight excluding hydrogens is 306 g/mol. The van der Waals surface area contributed by atoms with Gasteiger partial charge in [-0.1, -0.05) is 18.6 Å². The van der Waals surface area contributed by atoms with E-state index in [1.165, 1.54) is 4.57 Å². The average Bonchev–Trinajstić information content (AvgIpc) is 3.11. The van der Waals surface area contributed by atoms with E-state index >= 15 is 0 Å². The molecule has 128 valence electrons. The third kappa shape index (κ3) is 3.58. The van der Waals surface area contributed by atoms with E-state index in [-0.39, 0.29) is 17.2 Å². The van der Waals surface area contributed by atoms with E-state index in [0.29, 0.717) is 30.3 Å². The third-order valence-electron chi connectivity index (χ3n) is 4.62. The first-order chi connectivity index (χ1) is 11.7. The molecule has 6 heteroatoms. The van der Waals surface area contributed by atoms with E-state index in [0.717, 1.165) is 38.8 Å². The molecule has 24 heavy (non-hydrogen) atoms. The van der Waals surface area contributed by atoms with Crippen LogP contribution in [-0.2, 0) is 11.3 Å². The molecule has 2 heterocycles. The molecule has 0 spiro atoms. The molecule has 1 N–H and O–H groups in total. The highest BCUT2D eigenvalue weighted by atomic mass is 16.2. The first kappa shape index (κ1) is 16.5. The summed E-state index contributed by atoms with van der Waals surface area (Å²) in [5, 5.41) is 0.529. The zero-order chi connectivity index (χ0) is 16.9. The van der Waals surface area contributed by atoms with E-state index in [1.807, 2.05) is 4.90 Å². The first-order valence-corrected chi connectivity index (χ1v) is 8.66. The highest BCUT2D eigenvalue weighted by molar-refractivity contribution is 5.77. The summed E-state index contributed by atoms with van der Waals surface area (Å²) in [4.78, 5) is 41.0. The molecule has 1 aliphatic heterocycles. The van der Waals surface area contributed by atoms with Crippen molar-refractivity contribution in [1.82, 2.24) is 14.5 Å². The summed E-state index contributed by atoms with van der Waals surface area (Å²) >= 11 is 0. The van der Waals surface area contributed by atoms with Crippen LogP contribution in [0, 0.1) is 0 Å². The smallest absolute Gasteiger partial charge is 0.328 e. The number of aromatic amines is 1. The lowest BCUT2D eigenvalue weighted by Crippen LogP contribution is -2.35. The van der Waals surface area contributed by atoms with E-state index in [2.05, 4.69) is 4.98 Å². The van der Waals surface area contributed by atoms with Gasteiger partial charge in [-0.3, -0.25) is 14.2 Å². The van der Waals surface area contributed by atoms with E-state index in [9.17, 15) is 14.4 Å². The van der Waals surface area contributed by atoms with Gasteiger partial charge in [0.15, 0.2) is 0 Å². The number of aromatic nitrogens is 2. The predicted octanol–water partition coefficient (Wildman–Crippen LogP) is 1.87. The van der Waals surface area contributed by atoms with Crippen LogP contribution in [0.3, 0.4) is 0 Å². The third-order valence-corrected chi connectivity index (χ3v) is 4.62. The maximum atomic E-state index is 12.4. The second-order valence-corrected chi connectivity index (χ2v) is 6.33. The number of carbonyl (C=O) groups excluding carboxylic acids is 1. The van der Waals surface area contributed by atoms with Crippen molar-refractivity contribution in [2.45, 2.75) is 45.1 Å². The number of hydrogen-bond acceptors (Lipinski definition) is 3. The van der Waals surface area contributed by atoms with Crippen LogP contribution in [0.15, 0.2) is 33.9 Å². The zero-order valence-electron chi connectivity index (χ0n) is 13.8. The quantitative estimate of drug-likeness (QED) is 0.822. The summed E-state index contributed by atoms with van der Waals surface area (Å²) in [6.45, 7) is 2.16. The van der Waals surface area contributed by atoms with Crippen molar-refractivity contribution in [3.05, 3.63) is 45.1 Å². The SMILES string of the molecule is O=C(CCCCCn1c(=O)[nH]c2ccccc2c1=O)N1CCCC1. The van der Waals surface area contributed by atoms with Gasteiger partial charge < -0.3 is 9.88 Å². The largest absolute Gasteiger partial charge is 0.343 e. The van der Waals surface area contributed by atoms with Gasteiger partial charge in [0.2, 0.25) is 5.91 Å². The van der Waals surface area contributed by atoms with Gasteiger partial charge >= 0.3 is 5.69 Å². The second-order valence-electron chi connectivity index (χ2n) is 6.33. The Hall–Kier alpha value is -2.37. The lowest BCUT2D eigenvalue weighted by Gasteiger charge is -2.14. The molecule has 0 atom stereocenters. The van der Waals surface area contributed by atoms with Crippen LogP contribution in [0.4, 0.5) is 0 Å². The highest BCUT2D eigenvalue weighted by Gasteiger charge is 2.16. The first-order valence-electron chi connectivity index (χ1n) is 8.66. The molecule has 0 aliphatic carbocycles. The Morgan fingerprint density at radius 1 is 1.04 bits per heavy atom. The Labute approximate surface area is 140 Å². The summed E-state index contributed by atoms with van der Waals surface area (Å²) in [6, 6.07) is 7.03. The number of para-hydroxylation sites is 1. The van der Waals surface area contributed by atoms with Crippen LogP contribution in [0.1, 0.15) is 38.5 Å². The van der Waals surface area contributed by atoms with E-state index in [4.69, 9.17) is 0 Å². The molecule has 0 unspecified atom stereocenters. The van der Waals surface area contributed by atoms with Gasteiger partial charge in [0.1, 0.15) is 0 Å². The van der Waals surface area contributed by atoms with Crippen LogP contribution in [0.2, 0.25) is 0 Å². The summed E-state index contributed by atoms with van der Waals surface area (Å²) < 4.78 is 1.25. The van der Waals surface area contributed by atoms with Gasteiger partial charge in [0.25, 0.3) is 5.56 Å². The number of hydrogen-bond donors (Lipinski definition) is 1. The number of rotatable bonds is 6. The van der Waals surface area contributed by atoms with Crippen LogP contribution in [-0.4, -0.2) is 33.4 Å². The number of likely N-dealkylation sites (tertiary alicyclic amines) is 1. The number of carbonyl (C=O) groups is 1. The Balaban J connectivity index is 1.53. The fourth-order valence-electron chi connectivity index (χ4n) is 3.25. The summed E-state index contributed by atoms with van der Waals surface area (Å²) in [5.74, 6) is 0.230. The lowest BCUT2D eigenvalue weighted by atomic mass is 10.1. The Bertz CT molecular complexity index is 831. The minimum absolute atomic E-state index is 0.230. The number of fused-ring (bicyclic) bond motifs is 1. The van der Waals surface area contributed by atoms with Gasteiger partial charge in [-0.15, -0.1) is 0 Å². The van der Waals surface area contributed by atoms with Gasteiger partial charge in [0.05, 0.1) is 10.9 Å². The standard InChI is InChI=1S/C18H23N3O3/c22-16(20-11-6-7-12-20)10-2-1-5-13-21-17(23)14-8-3-4-9-15(14)19-18(21)24/h3-4,8-9H,1-2,5-7,10-13H2,(H,19,24). The molecule has 1 fully saturated rings. The van der Waals surface area contributed by atoms with Crippen molar-refractivity contribution in [3.63, 3.8) is 0 Å². The molecule has 2 aromatic rings. The molecule has 0 saturated carbocycles. The highest BCUT2D eigenvalue weighted by Crippen LogP contribution is 2.11. The molecule has 3 rings (SSSR count). The molecular formula is C18H23N3O3. The van der Waals surface area contributed by atoms with Gasteiger partial charge in [0, 0.05) is 26.1 Å². The summed E-state index contributed by atoms with van der Waals surface area (Å²) in [7, 11) is 0. The number of nitrogens with zero attached hydrogens (tertiary/aromatic N) is 2. The molecule has 0 radical (unpaired) electrons. The van der Waals surface area contributed by atoms with Crippen molar-refractivity contribution in [2.24, 2.45) is 0 Å². The normalized spacial score (nSPS) is 14.4. The number of benzene rings is 1. The molecule has 1 aliphatic rings. The van der Waals surface area contributed by atoms with Gasteiger partial charge in [-0.2, -0.15) is 0 Å². The Morgan fingerprint density at radius 2 is 1.79 bits per heavy atom. The average molecular weight is 329 g/mol. The monoisotopic (exact) mass is 329 g/mol. The van der Waals surface area contributed by atoms with E-state index < -0.39 is 0 Å². The number of nitrogens with one attached hydrogen (secondary N) is 1. The number of amides is 1. The fraction of sp³-hybridized carbons (Fsp3) is 0.500.